The Morgan fingerprint density at radius 3 is 3.00 bits per heavy atom. The van der Waals surface area contributed by atoms with E-state index in [2.05, 4.69) is 20.5 Å². The number of hydrogen-bond donors (Lipinski definition) is 2. The lowest BCUT2D eigenvalue weighted by Gasteiger charge is -2.15. The van der Waals surface area contributed by atoms with Crippen LogP contribution in [-0.2, 0) is 4.79 Å². The Morgan fingerprint density at radius 1 is 1.39 bits per heavy atom. The first-order chi connectivity index (χ1) is 11.2. The molecule has 1 amide bonds. The van der Waals surface area contributed by atoms with Gasteiger partial charge < -0.3 is 5.32 Å². The molecule has 0 radical (unpaired) electrons. The molecule has 0 aliphatic heterocycles. The van der Waals surface area contributed by atoms with E-state index in [1.165, 1.54) is 24.6 Å². The van der Waals surface area contributed by atoms with Gasteiger partial charge in [0, 0.05) is 6.04 Å². The molecule has 2 heterocycles. The minimum Gasteiger partial charge on any atom is -0.352 e. The van der Waals surface area contributed by atoms with Crippen LogP contribution in [0.4, 0.5) is 0 Å². The van der Waals surface area contributed by atoms with Crippen molar-refractivity contribution in [3.8, 4) is 0 Å². The average molecular weight is 329 g/mol. The summed E-state index contributed by atoms with van der Waals surface area (Å²) >= 11 is 1.46. The maximum Gasteiger partial charge on any atom is 0.233 e. The molecule has 7 heteroatoms. The average Bonchev–Trinajstić information content (AvgIpc) is 3.24. The van der Waals surface area contributed by atoms with Crippen molar-refractivity contribution < 1.29 is 4.79 Å². The molecule has 2 N–H and O–H groups in total. The number of benzene rings is 1. The van der Waals surface area contributed by atoms with Gasteiger partial charge in [0.1, 0.15) is 0 Å². The summed E-state index contributed by atoms with van der Waals surface area (Å²) in [5.41, 5.74) is 1.92. The molecule has 120 valence electrons. The molecule has 1 aliphatic rings. The van der Waals surface area contributed by atoms with E-state index >= 15 is 0 Å². The molecule has 1 fully saturated rings. The first-order valence-corrected chi connectivity index (χ1v) is 8.89. The summed E-state index contributed by atoms with van der Waals surface area (Å²) in [6.45, 7) is 1.93. The summed E-state index contributed by atoms with van der Waals surface area (Å²) < 4.78 is 1.97. The third-order valence-corrected chi connectivity index (χ3v) is 5.41. The Kier molecular flexibility index (Phi) is 3.72. The smallest absolute Gasteiger partial charge is 0.233 e. The van der Waals surface area contributed by atoms with Gasteiger partial charge in [-0.05, 0) is 31.9 Å². The highest BCUT2D eigenvalue weighted by Gasteiger charge is 2.23. The van der Waals surface area contributed by atoms with Crippen LogP contribution in [-0.4, -0.2) is 36.8 Å². The SMILES string of the molecule is C[C@@H](Sc1n[nH]c2nc3ccccc3n12)C(=O)NC1CCCC1. The molecule has 1 saturated carbocycles. The van der Waals surface area contributed by atoms with Crippen LogP contribution >= 0.6 is 11.8 Å². The number of nitrogens with one attached hydrogen (secondary N) is 2. The quantitative estimate of drug-likeness (QED) is 0.722. The van der Waals surface area contributed by atoms with E-state index in [9.17, 15) is 4.79 Å². The van der Waals surface area contributed by atoms with Crippen molar-refractivity contribution >= 4 is 34.5 Å². The van der Waals surface area contributed by atoms with Gasteiger partial charge in [-0.15, -0.1) is 5.10 Å². The topological polar surface area (TPSA) is 75.1 Å². The van der Waals surface area contributed by atoms with Crippen molar-refractivity contribution in [3.63, 3.8) is 0 Å². The number of thioether (sulfide) groups is 1. The van der Waals surface area contributed by atoms with Crippen molar-refractivity contribution in [1.82, 2.24) is 24.9 Å². The zero-order chi connectivity index (χ0) is 15.8. The van der Waals surface area contributed by atoms with Crippen molar-refractivity contribution in [2.45, 2.75) is 49.1 Å². The van der Waals surface area contributed by atoms with Gasteiger partial charge in [-0.1, -0.05) is 36.7 Å². The molecule has 0 bridgehead atoms. The lowest BCUT2D eigenvalue weighted by molar-refractivity contribution is -0.120. The van der Waals surface area contributed by atoms with E-state index in [-0.39, 0.29) is 11.2 Å². The molecule has 1 aromatic carbocycles. The van der Waals surface area contributed by atoms with E-state index in [0.29, 0.717) is 11.8 Å². The Balaban J connectivity index is 1.55. The van der Waals surface area contributed by atoms with E-state index in [1.807, 2.05) is 35.6 Å². The van der Waals surface area contributed by atoms with Crippen LogP contribution in [0.1, 0.15) is 32.6 Å². The molecule has 1 aliphatic carbocycles. The Labute approximate surface area is 138 Å². The number of H-pyrrole nitrogens is 1. The van der Waals surface area contributed by atoms with Crippen molar-refractivity contribution in [1.29, 1.82) is 0 Å². The molecule has 0 saturated heterocycles. The number of carbonyl (C=O) groups excluding carboxylic acids is 1. The van der Waals surface area contributed by atoms with Crippen LogP contribution in [0, 0.1) is 0 Å². The van der Waals surface area contributed by atoms with Gasteiger partial charge in [0.15, 0.2) is 5.16 Å². The van der Waals surface area contributed by atoms with Gasteiger partial charge >= 0.3 is 0 Å². The predicted octanol–water partition coefficient (Wildman–Crippen LogP) is 2.75. The van der Waals surface area contributed by atoms with Crippen molar-refractivity contribution in [2.75, 3.05) is 0 Å². The number of hydrogen-bond acceptors (Lipinski definition) is 4. The Morgan fingerprint density at radius 2 is 2.17 bits per heavy atom. The highest BCUT2D eigenvalue weighted by atomic mass is 32.2. The van der Waals surface area contributed by atoms with Gasteiger partial charge in [-0.25, -0.2) is 10.1 Å². The summed E-state index contributed by atoms with van der Waals surface area (Å²) in [5.74, 6) is 0.791. The highest BCUT2D eigenvalue weighted by molar-refractivity contribution is 8.00. The summed E-state index contributed by atoms with van der Waals surface area (Å²) in [4.78, 5) is 16.9. The fourth-order valence-electron chi connectivity index (χ4n) is 3.12. The summed E-state index contributed by atoms with van der Waals surface area (Å²) in [7, 11) is 0. The van der Waals surface area contributed by atoms with Crippen LogP contribution in [0.2, 0.25) is 0 Å². The summed E-state index contributed by atoms with van der Waals surface area (Å²) in [6.07, 6.45) is 4.63. The van der Waals surface area contributed by atoms with Crippen LogP contribution < -0.4 is 5.32 Å². The number of aromatic amines is 1. The zero-order valence-corrected chi connectivity index (χ0v) is 13.8. The Bertz CT molecular complexity index is 849. The first-order valence-electron chi connectivity index (χ1n) is 8.01. The number of aromatic nitrogens is 4. The third-order valence-electron chi connectivity index (χ3n) is 4.36. The molecule has 3 aromatic rings. The number of carbonyl (C=O) groups is 1. The fourth-order valence-corrected chi connectivity index (χ4v) is 4.00. The van der Waals surface area contributed by atoms with Crippen molar-refractivity contribution in [2.24, 2.45) is 0 Å². The number of rotatable bonds is 4. The number of amides is 1. The molecule has 0 unspecified atom stereocenters. The molecule has 0 spiro atoms. The van der Waals surface area contributed by atoms with E-state index in [4.69, 9.17) is 0 Å². The Hall–Kier alpha value is -2.02. The normalized spacial score (nSPS) is 17.1. The number of nitrogens with zero attached hydrogens (tertiary/aromatic N) is 3. The second kappa shape index (κ2) is 5.88. The first kappa shape index (κ1) is 14.6. The largest absolute Gasteiger partial charge is 0.352 e. The van der Waals surface area contributed by atoms with E-state index in [0.717, 1.165) is 29.0 Å². The maximum atomic E-state index is 12.4. The molecular formula is C16H19N5OS. The number of imidazole rings is 1. The van der Waals surface area contributed by atoms with Crippen molar-refractivity contribution in [3.05, 3.63) is 24.3 Å². The molecule has 4 rings (SSSR count). The van der Waals surface area contributed by atoms with Crippen LogP contribution in [0.25, 0.3) is 16.8 Å². The molecule has 6 nitrogen and oxygen atoms in total. The zero-order valence-electron chi connectivity index (χ0n) is 13.0. The summed E-state index contributed by atoms with van der Waals surface area (Å²) in [6, 6.07) is 8.28. The fraction of sp³-hybridized carbons (Fsp3) is 0.438. The van der Waals surface area contributed by atoms with Gasteiger partial charge in [0.05, 0.1) is 16.3 Å². The van der Waals surface area contributed by atoms with Gasteiger partial charge in [-0.3, -0.25) is 9.20 Å². The van der Waals surface area contributed by atoms with E-state index in [1.54, 1.807) is 0 Å². The molecule has 1 atom stereocenters. The van der Waals surface area contributed by atoms with E-state index < -0.39 is 0 Å². The number of para-hydroxylation sites is 2. The molecular weight excluding hydrogens is 310 g/mol. The second-order valence-electron chi connectivity index (χ2n) is 6.02. The van der Waals surface area contributed by atoms with Gasteiger partial charge in [-0.2, -0.15) is 0 Å². The van der Waals surface area contributed by atoms with Gasteiger partial charge in [0.2, 0.25) is 11.7 Å². The predicted molar refractivity (Wildman–Crippen MR) is 90.6 cm³/mol. The van der Waals surface area contributed by atoms with Crippen LogP contribution in [0.3, 0.4) is 0 Å². The minimum atomic E-state index is -0.191. The van der Waals surface area contributed by atoms with Crippen LogP contribution in [0.5, 0.6) is 0 Å². The molecule has 2 aromatic heterocycles. The lowest BCUT2D eigenvalue weighted by Crippen LogP contribution is -2.37. The lowest BCUT2D eigenvalue weighted by atomic mass is 10.2. The molecule has 23 heavy (non-hydrogen) atoms. The second-order valence-corrected chi connectivity index (χ2v) is 7.32. The minimum absolute atomic E-state index is 0.0856. The highest BCUT2D eigenvalue weighted by Crippen LogP contribution is 2.26. The number of fused-ring (bicyclic) bond motifs is 3. The summed E-state index contributed by atoms with van der Waals surface area (Å²) in [5, 5.41) is 11.0. The van der Waals surface area contributed by atoms with Crippen LogP contribution in [0.15, 0.2) is 29.4 Å². The van der Waals surface area contributed by atoms with Gasteiger partial charge in [0.25, 0.3) is 0 Å². The maximum absolute atomic E-state index is 12.4. The standard InChI is InChI=1S/C16H19N5OS/c1-10(14(22)17-11-6-2-3-7-11)23-16-20-19-15-18-12-8-4-5-9-13(12)21(15)16/h4-5,8-11H,2-3,6-7H2,1H3,(H,17,22)(H,18,19)/t10-/m1/s1. The monoisotopic (exact) mass is 329 g/mol. The third kappa shape index (κ3) is 2.69.